The molecule has 2 aromatic rings. The van der Waals surface area contributed by atoms with Gasteiger partial charge in [0, 0.05) is 47.3 Å². The van der Waals surface area contributed by atoms with E-state index in [0.717, 1.165) is 36.6 Å². The molecule has 3 heterocycles. The predicted octanol–water partition coefficient (Wildman–Crippen LogP) is 5.47. The van der Waals surface area contributed by atoms with Crippen molar-refractivity contribution in [1.82, 2.24) is 25.3 Å². The zero-order valence-corrected chi connectivity index (χ0v) is 23.5. The minimum atomic E-state index is -0.155. The summed E-state index contributed by atoms with van der Waals surface area (Å²) in [5, 5.41) is 7.75. The molecule has 0 saturated carbocycles. The lowest BCUT2D eigenvalue weighted by atomic mass is 9.93. The van der Waals surface area contributed by atoms with Crippen molar-refractivity contribution >= 4 is 28.9 Å². The Balaban J connectivity index is 1.49. The molecule has 0 aliphatic carbocycles. The number of allylic oxidation sites excluding steroid dienone is 1. The number of hydrogen-bond acceptors (Lipinski definition) is 7. The van der Waals surface area contributed by atoms with Crippen molar-refractivity contribution in [2.75, 3.05) is 32.7 Å². The average molecular weight is 537 g/mol. The number of amides is 1. The number of benzene rings is 1. The number of aryl methyl sites for hydroxylation is 1. The van der Waals surface area contributed by atoms with E-state index in [4.69, 9.17) is 21.1 Å². The largest absolute Gasteiger partial charge is 0.370 e. The van der Waals surface area contributed by atoms with Crippen LogP contribution in [0.3, 0.4) is 0 Å². The van der Waals surface area contributed by atoms with Gasteiger partial charge in [-0.25, -0.2) is 4.99 Å². The van der Waals surface area contributed by atoms with Crippen LogP contribution in [0.4, 0.5) is 0 Å². The number of aliphatic imine (C=N–C) groups is 1. The van der Waals surface area contributed by atoms with Crippen LogP contribution < -0.4 is 5.32 Å². The van der Waals surface area contributed by atoms with Gasteiger partial charge in [0.05, 0.1) is 0 Å². The molecule has 9 heteroatoms. The third-order valence-electron chi connectivity index (χ3n) is 7.24. The lowest BCUT2D eigenvalue weighted by Gasteiger charge is -2.31. The molecular formula is C29H37ClN6O2. The zero-order valence-electron chi connectivity index (χ0n) is 22.8. The van der Waals surface area contributed by atoms with Crippen LogP contribution in [0, 0.1) is 12.8 Å². The quantitative estimate of drug-likeness (QED) is 0.457. The number of likely N-dealkylation sites (tertiary alicyclic amines) is 1. The maximum atomic E-state index is 13.6. The highest BCUT2D eigenvalue weighted by atomic mass is 35.5. The summed E-state index contributed by atoms with van der Waals surface area (Å²) in [5.41, 5.74) is 2.71. The first-order valence-corrected chi connectivity index (χ1v) is 13.8. The molecule has 0 spiro atoms. The molecule has 1 aromatic heterocycles. The van der Waals surface area contributed by atoms with Gasteiger partial charge in [-0.15, -0.1) is 0 Å². The number of rotatable bonds is 9. The van der Waals surface area contributed by atoms with E-state index in [-0.39, 0.29) is 5.91 Å². The van der Waals surface area contributed by atoms with Crippen molar-refractivity contribution in [3.05, 3.63) is 64.8 Å². The van der Waals surface area contributed by atoms with Gasteiger partial charge in [-0.05, 0) is 70.8 Å². The fourth-order valence-electron chi connectivity index (χ4n) is 4.97. The molecule has 202 valence electrons. The molecule has 2 aliphatic heterocycles. The Labute approximate surface area is 230 Å². The highest BCUT2D eigenvalue weighted by molar-refractivity contribution is 6.37. The molecule has 1 N–H and O–H groups in total. The Morgan fingerprint density at radius 2 is 2.05 bits per heavy atom. The second-order valence-electron chi connectivity index (χ2n) is 9.66. The number of nitrogens with one attached hydrogen (secondary N) is 1. The normalized spacial score (nSPS) is 19.3. The number of piperidine rings is 1. The molecular weight excluding hydrogens is 500 g/mol. The Bertz CT molecular complexity index is 1270. The molecule has 0 unspecified atom stereocenters. The lowest BCUT2D eigenvalue weighted by molar-refractivity contribution is -0.121. The van der Waals surface area contributed by atoms with Gasteiger partial charge in [-0.3, -0.25) is 9.69 Å². The summed E-state index contributed by atoms with van der Waals surface area (Å²) in [7, 11) is 0. The highest BCUT2D eigenvalue weighted by Crippen LogP contribution is 2.33. The van der Waals surface area contributed by atoms with E-state index in [0.29, 0.717) is 46.1 Å². The van der Waals surface area contributed by atoms with Crippen LogP contribution >= 0.6 is 11.6 Å². The summed E-state index contributed by atoms with van der Waals surface area (Å²) in [6.45, 7) is 16.7. The van der Waals surface area contributed by atoms with Crippen molar-refractivity contribution < 1.29 is 9.32 Å². The summed E-state index contributed by atoms with van der Waals surface area (Å²) >= 11 is 6.65. The minimum absolute atomic E-state index is 0.155. The number of likely N-dealkylation sites (N-methyl/N-ethyl adjacent to an activating group) is 1. The predicted molar refractivity (Wildman–Crippen MR) is 153 cm³/mol. The zero-order chi connectivity index (χ0) is 27.2. The van der Waals surface area contributed by atoms with E-state index >= 15 is 0 Å². The molecule has 2 aliphatic rings. The second-order valence-corrected chi connectivity index (χ2v) is 10.1. The van der Waals surface area contributed by atoms with E-state index < -0.39 is 0 Å². The monoisotopic (exact) mass is 536 g/mol. The maximum Gasteiger partial charge on any atom is 0.260 e. The van der Waals surface area contributed by atoms with Crippen molar-refractivity contribution in [1.29, 1.82) is 0 Å². The summed E-state index contributed by atoms with van der Waals surface area (Å²) < 4.78 is 5.08. The Hall–Kier alpha value is -3.23. The van der Waals surface area contributed by atoms with Gasteiger partial charge in [0.15, 0.2) is 0 Å². The van der Waals surface area contributed by atoms with Gasteiger partial charge in [-0.1, -0.05) is 48.5 Å². The first-order valence-electron chi connectivity index (χ1n) is 13.4. The van der Waals surface area contributed by atoms with Gasteiger partial charge in [0.25, 0.3) is 5.91 Å². The molecule has 0 bridgehead atoms. The van der Waals surface area contributed by atoms with Crippen molar-refractivity contribution in [2.45, 2.75) is 47.0 Å². The van der Waals surface area contributed by atoms with Crippen LogP contribution in [0.25, 0.3) is 17.0 Å². The number of aromatic nitrogens is 2. The molecule has 1 saturated heterocycles. The Kier molecular flexibility index (Phi) is 9.17. The summed E-state index contributed by atoms with van der Waals surface area (Å²) in [4.78, 5) is 26.8. The lowest BCUT2D eigenvalue weighted by Crippen LogP contribution is -2.41. The Morgan fingerprint density at radius 1 is 1.29 bits per heavy atom. The van der Waals surface area contributed by atoms with Gasteiger partial charge >= 0.3 is 0 Å². The Morgan fingerprint density at radius 3 is 2.66 bits per heavy atom. The average Bonchev–Trinajstić information content (AvgIpc) is 3.36. The summed E-state index contributed by atoms with van der Waals surface area (Å²) in [5.74, 6) is 2.65. The van der Waals surface area contributed by atoms with Crippen LogP contribution in [0.5, 0.6) is 0 Å². The number of halogens is 1. The maximum absolute atomic E-state index is 13.6. The SMILES string of the molecule is C=C(/N=C1\C(=C/C)C=C(c2ccc(-c3noc(C)n3)cc2Cl)C(=O)N1CC)NCCC1CCN(CC)CC1. The van der Waals surface area contributed by atoms with E-state index in [1.165, 1.54) is 25.9 Å². The number of carbonyl (C=O) groups excluding carboxylic acids is 1. The molecule has 1 amide bonds. The van der Waals surface area contributed by atoms with E-state index in [1.54, 1.807) is 17.9 Å². The van der Waals surface area contributed by atoms with Gasteiger partial charge in [0.1, 0.15) is 11.7 Å². The van der Waals surface area contributed by atoms with Crippen LogP contribution in [-0.2, 0) is 4.79 Å². The molecule has 0 radical (unpaired) electrons. The van der Waals surface area contributed by atoms with Gasteiger partial charge in [0.2, 0.25) is 11.7 Å². The number of carbonyl (C=O) groups is 1. The van der Waals surface area contributed by atoms with E-state index in [1.807, 2.05) is 38.1 Å². The molecule has 8 nitrogen and oxygen atoms in total. The van der Waals surface area contributed by atoms with Gasteiger partial charge in [-0.2, -0.15) is 4.98 Å². The van der Waals surface area contributed by atoms with E-state index in [2.05, 4.69) is 33.9 Å². The molecule has 1 aromatic carbocycles. The molecule has 1 fully saturated rings. The molecule has 38 heavy (non-hydrogen) atoms. The number of amidine groups is 1. The van der Waals surface area contributed by atoms with Crippen molar-refractivity contribution in [3.63, 3.8) is 0 Å². The second kappa shape index (κ2) is 12.5. The first-order chi connectivity index (χ1) is 18.3. The van der Waals surface area contributed by atoms with Crippen LogP contribution in [0.1, 0.15) is 51.5 Å². The minimum Gasteiger partial charge on any atom is -0.370 e. The standard InChI is InChI=1S/C29H37ClN6O2/c1-6-22-17-25(24-10-9-23(18-26(24)30)27-33-20(5)38-34-27)29(37)36(8-3)28(22)32-19(4)31-14-11-21-12-15-35(7-2)16-13-21/h6,9-10,17-18,21,31H,4,7-8,11-16H2,1-3,5H3/b22-6-,32-28+. The van der Waals surface area contributed by atoms with Crippen LogP contribution in [0.2, 0.25) is 5.02 Å². The molecule has 0 atom stereocenters. The topological polar surface area (TPSA) is 86.9 Å². The van der Waals surface area contributed by atoms with Crippen LogP contribution in [-0.4, -0.2) is 64.4 Å². The number of hydrogen-bond donors (Lipinski definition) is 1. The fourth-order valence-corrected chi connectivity index (χ4v) is 5.25. The number of nitrogens with zero attached hydrogens (tertiary/aromatic N) is 5. The third kappa shape index (κ3) is 6.25. The smallest absolute Gasteiger partial charge is 0.260 e. The van der Waals surface area contributed by atoms with Crippen molar-refractivity contribution in [2.24, 2.45) is 10.9 Å². The van der Waals surface area contributed by atoms with Crippen molar-refractivity contribution in [3.8, 4) is 11.4 Å². The summed E-state index contributed by atoms with van der Waals surface area (Å²) in [6, 6.07) is 5.41. The first kappa shape index (κ1) is 27.8. The third-order valence-corrected chi connectivity index (χ3v) is 7.55. The fraction of sp³-hybridized carbons (Fsp3) is 0.448. The highest BCUT2D eigenvalue weighted by Gasteiger charge is 2.31. The van der Waals surface area contributed by atoms with E-state index in [9.17, 15) is 4.79 Å². The van der Waals surface area contributed by atoms with Crippen LogP contribution in [0.15, 0.2) is 57.8 Å². The summed E-state index contributed by atoms with van der Waals surface area (Å²) in [6.07, 6.45) is 7.37. The molecule has 4 rings (SSSR count). The van der Waals surface area contributed by atoms with Gasteiger partial charge < -0.3 is 14.7 Å².